The van der Waals surface area contributed by atoms with Gasteiger partial charge in [0.05, 0.1) is 6.54 Å². The van der Waals surface area contributed by atoms with Crippen LogP contribution in [-0.2, 0) is 11.2 Å². The lowest BCUT2D eigenvalue weighted by molar-refractivity contribution is -0.131. The van der Waals surface area contributed by atoms with E-state index in [1.165, 1.54) is 17.5 Å². The SMILES string of the molecule is NCCCCc1cccc(SNCC(=O)N2CCC(CCN)CC2)c1. The van der Waals surface area contributed by atoms with Crippen LogP contribution in [0.1, 0.15) is 37.7 Å². The minimum Gasteiger partial charge on any atom is -0.342 e. The highest BCUT2D eigenvalue weighted by Crippen LogP contribution is 2.20. The Morgan fingerprint density at radius 1 is 1.20 bits per heavy atom. The predicted octanol–water partition coefficient (Wildman–Crippen LogP) is 2.15. The van der Waals surface area contributed by atoms with Gasteiger partial charge in [-0.15, -0.1) is 0 Å². The normalized spacial score (nSPS) is 15.5. The largest absolute Gasteiger partial charge is 0.342 e. The number of piperidine rings is 1. The third-order valence-corrected chi connectivity index (χ3v) is 5.55. The number of hydrogen-bond acceptors (Lipinski definition) is 5. The third kappa shape index (κ3) is 7.36. The average Bonchev–Trinajstić information content (AvgIpc) is 2.63. The molecular weight excluding hydrogens is 332 g/mol. The lowest BCUT2D eigenvalue weighted by Crippen LogP contribution is -2.42. The van der Waals surface area contributed by atoms with Crippen molar-refractivity contribution < 1.29 is 4.79 Å². The van der Waals surface area contributed by atoms with Gasteiger partial charge in [-0.05, 0) is 87.2 Å². The predicted molar refractivity (Wildman–Crippen MR) is 105 cm³/mol. The second-order valence-corrected chi connectivity index (χ2v) is 7.68. The number of benzene rings is 1. The Balaban J connectivity index is 1.68. The van der Waals surface area contributed by atoms with Gasteiger partial charge >= 0.3 is 0 Å². The fourth-order valence-corrected chi connectivity index (χ4v) is 3.96. The number of likely N-dealkylation sites (tertiary alicyclic amines) is 1. The average molecular weight is 365 g/mol. The molecule has 0 bridgehead atoms. The first kappa shape index (κ1) is 20.2. The van der Waals surface area contributed by atoms with E-state index >= 15 is 0 Å². The maximum Gasteiger partial charge on any atom is 0.237 e. The molecule has 1 aliphatic heterocycles. The quantitative estimate of drug-likeness (QED) is 0.438. The summed E-state index contributed by atoms with van der Waals surface area (Å²) in [4.78, 5) is 15.4. The Hall–Kier alpha value is -1.08. The second-order valence-electron chi connectivity index (χ2n) is 6.72. The third-order valence-electron chi connectivity index (χ3n) is 4.77. The smallest absolute Gasteiger partial charge is 0.237 e. The van der Waals surface area contributed by atoms with E-state index in [1.807, 2.05) is 4.90 Å². The van der Waals surface area contributed by atoms with Crippen LogP contribution in [0.2, 0.25) is 0 Å². The lowest BCUT2D eigenvalue weighted by Gasteiger charge is -2.31. The molecule has 0 saturated carbocycles. The molecule has 25 heavy (non-hydrogen) atoms. The number of aryl methyl sites for hydroxylation is 1. The molecule has 0 spiro atoms. The molecule has 2 rings (SSSR count). The van der Waals surface area contributed by atoms with E-state index in [9.17, 15) is 4.79 Å². The van der Waals surface area contributed by atoms with E-state index in [1.54, 1.807) is 0 Å². The van der Waals surface area contributed by atoms with Gasteiger partial charge in [-0.1, -0.05) is 12.1 Å². The first-order chi connectivity index (χ1) is 12.2. The highest BCUT2D eigenvalue weighted by molar-refractivity contribution is 7.97. The van der Waals surface area contributed by atoms with Crippen molar-refractivity contribution in [3.63, 3.8) is 0 Å². The summed E-state index contributed by atoms with van der Waals surface area (Å²) in [5.41, 5.74) is 12.5. The minimum absolute atomic E-state index is 0.192. The zero-order chi connectivity index (χ0) is 17.9. The van der Waals surface area contributed by atoms with Crippen molar-refractivity contribution >= 4 is 17.9 Å². The second kappa shape index (κ2) is 11.5. The monoisotopic (exact) mass is 364 g/mol. The van der Waals surface area contributed by atoms with Crippen LogP contribution in [0, 0.1) is 5.92 Å². The summed E-state index contributed by atoms with van der Waals surface area (Å²) in [5, 5.41) is 0. The Kier molecular flexibility index (Phi) is 9.32. The van der Waals surface area contributed by atoms with E-state index in [4.69, 9.17) is 11.5 Å². The van der Waals surface area contributed by atoms with Crippen molar-refractivity contribution in [1.29, 1.82) is 0 Å². The summed E-state index contributed by atoms with van der Waals surface area (Å²) in [7, 11) is 0. The van der Waals surface area contributed by atoms with E-state index in [0.717, 1.165) is 69.6 Å². The Morgan fingerprint density at radius 3 is 2.72 bits per heavy atom. The van der Waals surface area contributed by atoms with Gasteiger partial charge in [0.25, 0.3) is 0 Å². The van der Waals surface area contributed by atoms with Gasteiger partial charge in [0.2, 0.25) is 5.91 Å². The molecule has 5 nitrogen and oxygen atoms in total. The molecule has 1 aromatic carbocycles. The Bertz CT molecular complexity index is 518. The van der Waals surface area contributed by atoms with Crippen LogP contribution in [0.25, 0.3) is 0 Å². The first-order valence-electron chi connectivity index (χ1n) is 9.39. The summed E-state index contributed by atoms with van der Waals surface area (Å²) < 4.78 is 3.22. The Labute approximate surface area is 156 Å². The van der Waals surface area contributed by atoms with Crippen LogP contribution in [0.3, 0.4) is 0 Å². The topological polar surface area (TPSA) is 84.4 Å². The number of carbonyl (C=O) groups excluding carboxylic acids is 1. The fourth-order valence-electron chi connectivity index (χ4n) is 3.24. The molecule has 1 fully saturated rings. The van der Waals surface area contributed by atoms with Crippen molar-refractivity contribution in [2.45, 2.75) is 43.4 Å². The van der Waals surface area contributed by atoms with Crippen molar-refractivity contribution in [3.05, 3.63) is 29.8 Å². The van der Waals surface area contributed by atoms with E-state index in [0.29, 0.717) is 12.5 Å². The number of hydrogen-bond donors (Lipinski definition) is 3. The number of nitrogens with one attached hydrogen (secondary N) is 1. The zero-order valence-corrected chi connectivity index (χ0v) is 15.9. The summed E-state index contributed by atoms with van der Waals surface area (Å²) in [6.45, 7) is 3.62. The van der Waals surface area contributed by atoms with Gasteiger partial charge in [0, 0.05) is 18.0 Å². The highest BCUT2D eigenvalue weighted by Gasteiger charge is 2.21. The molecule has 0 aromatic heterocycles. The molecule has 0 atom stereocenters. The number of rotatable bonds is 10. The molecule has 1 heterocycles. The van der Waals surface area contributed by atoms with Gasteiger partial charge in [-0.25, -0.2) is 0 Å². The van der Waals surface area contributed by atoms with Crippen LogP contribution in [0.15, 0.2) is 29.2 Å². The van der Waals surface area contributed by atoms with Crippen LogP contribution in [0.5, 0.6) is 0 Å². The summed E-state index contributed by atoms with van der Waals surface area (Å²) in [6.07, 6.45) is 6.49. The zero-order valence-electron chi connectivity index (χ0n) is 15.1. The van der Waals surface area contributed by atoms with Crippen molar-refractivity contribution in [1.82, 2.24) is 9.62 Å². The number of amides is 1. The summed E-state index contributed by atoms with van der Waals surface area (Å²) in [6, 6.07) is 8.49. The molecule has 0 unspecified atom stereocenters. The summed E-state index contributed by atoms with van der Waals surface area (Å²) in [5.74, 6) is 0.885. The lowest BCUT2D eigenvalue weighted by atomic mass is 9.93. The van der Waals surface area contributed by atoms with Gasteiger partial charge in [-0.3, -0.25) is 9.52 Å². The van der Waals surface area contributed by atoms with Crippen molar-refractivity contribution in [2.24, 2.45) is 17.4 Å². The standard InChI is InChI=1S/C19H32N4OS/c20-10-2-1-4-17-5-3-6-18(14-17)25-22-15-19(24)23-12-8-16(7-11-21)9-13-23/h3,5-6,14,16,22H,1-2,4,7-13,15,20-21H2. The molecule has 1 aromatic rings. The molecule has 140 valence electrons. The molecule has 5 N–H and O–H groups in total. The van der Waals surface area contributed by atoms with Crippen LogP contribution in [-0.4, -0.2) is 43.5 Å². The van der Waals surface area contributed by atoms with Gasteiger partial charge in [-0.2, -0.15) is 0 Å². The minimum atomic E-state index is 0.192. The molecule has 1 aliphatic rings. The maximum absolute atomic E-state index is 12.3. The van der Waals surface area contributed by atoms with Crippen LogP contribution >= 0.6 is 11.9 Å². The highest BCUT2D eigenvalue weighted by atomic mass is 32.2. The Morgan fingerprint density at radius 2 is 2.00 bits per heavy atom. The number of nitrogens with two attached hydrogens (primary N) is 2. The van der Waals surface area contributed by atoms with Crippen molar-refractivity contribution in [3.8, 4) is 0 Å². The molecule has 1 amide bonds. The number of nitrogens with zero attached hydrogens (tertiary/aromatic N) is 1. The van der Waals surface area contributed by atoms with E-state index < -0.39 is 0 Å². The molecule has 0 radical (unpaired) electrons. The summed E-state index contributed by atoms with van der Waals surface area (Å²) >= 11 is 1.54. The maximum atomic E-state index is 12.3. The number of carbonyl (C=O) groups is 1. The first-order valence-corrected chi connectivity index (χ1v) is 10.2. The molecule has 1 saturated heterocycles. The van der Waals surface area contributed by atoms with E-state index in [2.05, 4.69) is 29.0 Å². The van der Waals surface area contributed by atoms with E-state index in [-0.39, 0.29) is 5.91 Å². The van der Waals surface area contributed by atoms with Gasteiger partial charge in [0.1, 0.15) is 0 Å². The molecular formula is C19H32N4OS. The molecule has 0 aliphatic carbocycles. The number of unbranched alkanes of at least 4 members (excludes halogenated alkanes) is 1. The van der Waals surface area contributed by atoms with Crippen LogP contribution < -0.4 is 16.2 Å². The van der Waals surface area contributed by atoms with Gasteiger partial charge < -0.3 is 16.4 Å². The van der Waals surface area contributed by atoms with Crippen LogP contribution in [0.4, 0.5) is 0 Å². The van der Waals surface area contributed by atoms with Crippen molar-refractivity contribution in [2.75, 3.05) is 32.7 Å². The molecule has 6 heteroatoms. The fraction of sp³-hybridized carbons (Fsp3) is 0.632. The van der Waals surface area contributed by atoms with Gasteiger partial charge in [0.15, 0.2) is 0 Å².